The van der Waals surface area contributed by atoms with Crippen molar-refractivity contribution < 1.29 is 8.78 Å². The molecule has 0 unspecified atom stereocenters. The van der Waals surface area contributed by atoms with Gasteiger partial charge in [-0.1, -0.05) is 17.7 Å². The Hall–Kier alpha value is -0.540. The molecule has 0 saturated carbocycles. The summed E-state index contributed by atoms with van der Waals surface area (Å²) in [5, 5.41) is 0.503. The average molecular weight is 254 g/mol. The molecule has 0 amide bonds. The molecule has 0 bridgehead atoms. The summed E-state index contributed by atoms with van der Waals surface area (Å²) in [4.78, 5) is 1.45. The van der Waals surface area contributed by atoms with Gasteiger partial charge in [0.15, 0.2) is 0 Å². The van der Waals surface area contributed by atoms with Gasteiger partial charge in [-0.3, -0.25) is 0 Å². The minimum absolute atomic E-state index is 0.309. The number of alkyl halides is 3. The van der Waals surface area contributed by atoms with E-state index in [1.807, 2.05) is 0 Å². The second kappa shape index (κ2) is 5.52. The van der Waals surface area contributed by atoms with E-state index < -0.39 is 6.43 Å². The van der Waals surface area contributed by atoms with Gasteiger partial charge in [0, 0.05) is 23.6 Å². The summed E-state index contributed by atoms with van der Waals surface area (Å²) < 4.78 is 24.2. The summed E-state index contributed by atoms with van der Waals surface area (Å²) in [6.07, 6.45) is -2.36. The van der Waals surface area contributed by atoms with Crippen LogP contribution in [-0.2, 0) is 5.88 Å². The Morgan fingerprint density at radius 3 is 2.53 bits per heavy atom. The molecule has 84 valence electrons. The van der Waals surface area contributed by atoms with Crippen LogP contribution in [0.15, 0.2) is 18.2 Å². The molecule has 0 spiro atoms. The maximum absolute atomic E-state index is 12.1. The Morgan fingerprint density at radius 1 is 1.40 bits per heavy atom. The van der Waals surface area contributed by atoms with Crippen LogP contribution in [-0.4, -0.2) is 20.0 Å². The first-order valence-corrected chi connectivity index (χ1v) is 5.29. The summed E-state index contributed by atoms with van der Waals surface area (Å²) in [5.41, 5.74) is 1.46. The minimum atomic E-state index is -2.36. The van der Waals surface area contributed by atoms with Crippen molar-refractivity contribution in [1.82, 2.24) is 0 Å². The average Bonchev–Trinajstić information content (AvgIpc) is 2.16. The van der Waals surface area contributed by atoms with E-state index in [0.717, 1.165) is 5.56 Å². The molecule has 1 aromatic rings. The minimum Gasteiger partial charge on any atom is -0.369 e. The van der Waals surface area contributed by atoms with Crippen molar-refractivity contribution in [2.75, 3.05) is 18.5 Å². The predicted octanol–water partition coefficient (Wildman–Crippen LogP) is 3.78. The SMILES string of the molecule is CN(CC(F)F)c1ccc(CCl)c(Cl)c1. The number of hydrogen-bond donors (Lipinski definition) is 0. The third-order valence-corrected chi connectivity index (χ3v) is 2.67. The topological polar surface area (TPSA) is 3.24 Å². The van der Waals surface area contributed by atoms with Gasteiger partial charge in [0.25, 0.3) is 6.43 Å². The molecular weight excluding hydrogens is 243 g/mol. The highest BCUT2D eigenvalue weighted by Crippen LogP contribution is 2.24. The molecule has 0 aromatic heterocycles. The van der Waals surface area contributed by atoms with Gasteiger partial charge < -0.3 is 4.90 Å². The largest absolute Gasteiger partial charge is 0.369 e. The van der Waals surface area contributed by atoms with E-state index >= 15 is 0 Å². The first kappa shape index (κ1) is 12.5. The number of nitrogens with zero attached hydrogens (tertiary/aromatic N) is 1. The molecule has 0 N–H and O–H groups in total. The summed E-state index contributed by atoms with van der Waals surface area (Å²) in [7, 11) is 1.60. The van der Waals surface area contributed by atoms with E-state index in [4.69, 9.17) is 23.2 Å². The number of benzene rings is 1. The zero-order chi connectivity index (χ0) is 11.4. The third-order valence-electron chi connectivity index (χ3n) is 2.03. The summed E-state index contributed by atoms with van der Waals surface area (Å²) in [6.45, 7) is -0.309. The Kier molecular flexibility index (Phi) is 4.61. The van der Waals surface area contributed by atoms with Crippen LogP contribution in [0.5, 0.6) is 0 Å². The van der Waals surface area contributed by atoms with E-state index in [9.17, 15) is 8.78 Å². The number of halogens is 4. The maximum atomic E-state index is 12.1. The van der Waals surface area contributed by atoms with Crippen LogP contribution >= 0.6 is 23.2 Å². The van der Waals surface area contributed by atoms with Crippen LogP contribution in [0.2, 0.25) is 5.02 Å². The Morgan fingerprint density at radius 2 is 2.07 bits per heavy atom. The van der Waals surface area contributed by atoms with Crippen molar-refractivity contribution in [1.29, 1.82) is 0 Å². The van der Waals surface area contributed by atoms with Crippen molar-refractivity contribution in [2.45, 2.75) is 12.3 Å². The van der Waals surface area contributed by atoms with E-state index in [1.165, 1.54) is 4.90 Å². The fraction of sp³-hybridized carbons (Fsp3) is 0.400. The summed E-state index contributed by atoms with van der Waals surface area (Å²) in [5.74, 6) is 0.317. The highest BCUT2D eigenvalue weighted by atomic mass is 35.5. The maximum Gasteiger partial charge on any atom is 0.255 e. The molecule has 0 heterocycles. The second-order valence-electron chi connectivity index (χ2n) is 3.18. The van der Waals surface area contributed by atoms with Crippen LogP contribution in [0.1, 0.15) is 5.56 Å². The molecule has 15 heavy (non-hydrogen) atoms. The van der Waals surface area contributed by atoms with Crippen LogP contribution in [0.25, 0.3) is 0 Å². The molecule has 0 aliphatic carbocycles. The number of anilines is 1. The predicted molar refractivity (Wildman–Crippen MR) is 60.3 cm³/mol. The fourth-order valence-corrected chi connectivity index (χ4v) is 1.74. The summed E-state index contributed by atoms with van der Waals surface area (Å²) in [6, 6.07) is 5.11. The fourth-order valence-electron chi connectivity index (χ4n) is 1.19. The molecular formula is C10H11Cl2F2N. The molecule has 0 aliphatic heterocycles. The lowest BCUT2D eigenvalue weighted by molar-refractivity contribution is 0.156. The van der Waals surface area contributed by atoms with Gasteiger partial charge in [0.05, 0.1) is 6.54 Å². The van der Waals surface area contributed by atoms with Crippen LogP contribution in [0.3, 0.4) is 0 Å². The lowest BCUT2D eigenvalue weighted by Gasteiger charge is -2.19. The highest BCUT2D eigenvalue weighted by molar-refractivity contribution is 6.32. The Bertz CT molecular complexity index is 331. The summed E-state index contributed by atoms with van der Waals surface area (Å²) >= 11 is 11.5. The van der Waals surface area contributed by atoms with Crippen LogP contribution < -0.4 is 4.90 Å². The van der Waals surface area contributed by atoms with Crippen LogP contribution in [0, 0.1) is 0 Å². The van der Waals surface area contributed by atoms with Crippen molar-refractivity contribution in [3.63, 3.8) is 0 Å². The second-order valence-corrected chi connectivity index (χ2v) is 3.86. The Labute approximate surface area is 97.6 Å². The molecule has 0 aliphatic rings. The first-order chi connectivity index (χ1) is 7.04. The monoisotopic (exact) mass is 253 g/mol. The van der Waals surface area contributed by atoms with Crippen molar-refractivity contribution in [3.8, 4) is 0 Å². The van der Waals surface area contributed by atoms with Gasteiger partial charge in [-0.2, -0.15) is 0 Å². The van der Waals surface area contributed by atoms with Gasteiger partial charge in [-0.15, -0.1) is 11.6 Å². The molecule has 0 fully saturated rings. The molecule has 0 radical (unpaired) electrons. The van der Waals surface area contributed by atoms with Gasteiger partial charge in [-0.25, -0.2) is 8.78 Å². The van der Waals surface area contributed by atoms with E-state index in [0.29, 0.717) is 16.6 Å². The molecule has 0 atom stereocenters. The van der Waals surface area contributed by atoms with Crippen molar-refractivity contribution in [3.05, 3.63) is 28.8 Å². The first-order valence-electron chi connectivity index (χ1n) is 4.38. The molecule has 5 heteroatoms. The quantitative estimate of drug-likeness (QED) is 0.739. The smallest absolute Gasteiger partial charge is 0.255 e. The van der Waals surface area contributed by atoms with E-state index in [-0.39, 0.29) is 6.54 Å². The van der Waals surface area contributed by atoms with E-state index in [1.54, 1.807) is 25.2 Å². The molecule has 1 nitrogen and oxygen atoms in total. The number of hydrogen-bond acceptors (Lipinski definition) is 1. The zero-order valence-electron chi connectivity index (χ0n) is 8.18. The molecule has 1 rings (SSSR count). The van der Waals surface area contributed by atoms with Gasteiger partial charge >= 0.3 is 0 Å². The van der Waals surface area contributed by atoms with Crippen LogP contribution in [0.4, 0.5) is 14.5 Å². The van der Waals surface area contributed by atoms with Crippen molar-refractivity contribution >= 4 is 28.9 Å². The molecule has 1 aromatic carbocycles. The van der Waals surface area contributed by atoms with Gasteiger partial charge in [0.1, 0.15) is 0 Å². The number of rotatable bonds is 4. The highest BCUT2D eigenvalue weighted by Gasteiger charge is 2.09. The van der Waals surface area contributed by atoms with E-state index in [2.05, 4.69) is 0 Å². The van der Waals surface area contributed by atoms with Gasteiger partial charge in [0.2, 0.25) is 0 Å². The lowest BCUT2D eigenvalue weighted by atomic mass is 10.2. The third kappa shape index (κ3) is 3.50. The van der Waals surface area contributed by atoms with Gasteiger partial charge in [-0.05, 0) is 17.7 Å². The van der Waals surface area contributed by atoms with Crippen molar-refractivity contribution in [2.24, 2.45) is 0 Å². The molecule has 0 saturated heterocycles. The normalized spacial score (nSPS) is 10.8. The lowest BCUT2D eigenvalue weighted by Crippen LogP contribution is -2.23. The zero-order valence-corrected chi connectivity index (χ0v) is 9.69. The standard InChI is InChI=1S/C10H11Cl2F2N/c1-15(6-10(13)14)8-3-2-7(5-11)9(12)4-8/h2-4,10H,5-6H2,1H3. The Balaban J connectivity index is 2.82.